The third-order valence-electron chi connectivity index (χ3n) is 5.21. The lowest BCUT2D eigenvalue weighted by Crippen LogP contribution is -2.44. The van der Waals surface area contributed by atoms with Crippen LogP contribution in [0.4, 0.5) is 0 Å². The summed E-state index contributed by atoms with van der Waals surface area (Å²) in [6.45, 7) is 1.89. The van der Waals surface area contributed by atoms with Gasteiger partial charge >= 0.3 is 5.97 Å². The quantitative estimate of drug-likeness (QED) is 0.413. The van der Waals surface area contributed by atoms with Crippen molar-refractivity contribution in [3.8, 4) is 16.9 Å². The van der Waals surface area contributed by atoms with Crippen LogP contribution in [0.3, 0.4) is 0 Å². The number of carboxylic acid groups (broad SMARTS) is 1. The van der Waals surface area contributed by atoms with Gasteiger partial charge in [0.2, 0.25) is 0 Å². The van der Waals surface area contributed by atoms with Gasteiger partial charge in [-0.1, -0.05) is 55.3 Å². The van der Waals surface area contributed by atoms with Gasteiger partial charge in [0.1, 0.15) is 33.2 Å². The summed E-state index contributed by atoms with van der Waals surface area (Å²) in [4.78, 5) is 11.8. The second kappa shape index (κ2) is 10.1. The van der Waals surface area contributed by atoms with Crippen LogP contribution in [0, 0.1) is 0 Å². The zero-order valence-corrected chi connectivity index (χ0v) is 20.2. The molecule has 4 rings (SSSR count). The first-order chi connectivity index (χ1) is 15.9. The van der Waals surface area contributed by atoms with E-state index in [0.29, 0.717) is 28.6 Å². The smallest absolute Gasteiger partial charge is 0.322 e. The van der Waals surface area contributed by atoms with Gasteiger partial charge in [-0.3, -0.25) is 4.79 Å². The number of hydrogen-bond donors (Lipinski definition) is 3. The molecule has 3 aromatic rings. The van der Waals surface area contributed by atoms with E-state index in [0.717, 1.165) is 16.8 Å². The highest BCUT2D eigenvalue weighted by atomic mass is 35.5. The first kappa shape index (κ1) is 23.6. The van der Waals surface area contributed by atoms with Crippen LogP contribution >= 0.6 is 24.2 Å². The Hall–Kier alpha value is -2.59. The zero-order valence-electron chi connectivity index (χ0n) is 17.8. The van der Waals surface area contributed by atoms with Crippen molar-refractivity contribution in [2.24, 2.45) is 0 Å². The first-order valence-electron chi connectivity index (χ1n) is 10.4. The summed E-state index contributed by atoms with van der Waals surface area (Å²) < 4.78 is 16.4. The van der Waals surface area contributed by atoms with E-state index in [1.165, 1.54) is 4.31 Å². The topological polar surface area (TPSA) is 87.5 Å². The Balaban J connectivity index is 1.76. The molecule has 1 fully saturated rings. The molecular weight excluding hydrogens is 480 g/mol. The number of aliphatic carboxylic acids is 1. The van der Waals surface area contributed by atoms with Crippen molar-refractivity contribution in [2.45, 2.75) is 31.3 Å². The van der Waals surface area contributed by atoms with Crippen LogP contribution in [-0.4, -0.2) is 40.9 Å². The number of benzene rings is 2. The Morgan fingerprint density at radius 1 is 1.27 bits per heavy atom. The van der Waals surface area contributed by atoms with Gasteiger partial charge in [0, 0.05) is 22.3 Å². The van der Waals surface area contributed by atoms with Crippen LogP contribution in [0.25, 0.3) is 23.0 Å². The number of nitrogens with one attached hydrogen (secondary N) is 1. The molecule has 2 heterocycles. The molecule has 10 heteroatoms. The van der Waals surface area contributed by atoms with Crippen molar-refractivity contribution in [1.29, 1.82) is 0 Å². The second-order valence-electron chi connectivity index (χ2n) is 7.50. The van der Waals surface area contributed by atoms with Gasteiger partial charge in [-0.2, -0.15) is 9.40 Å². The minimum Gasteiger partial charge on any atom is -0.480 e. The van der Waals surface area contributed by atoms with Crippen LogP contribution in [0.5, 0.6) is 0 Å². The van der Waals surface area contributed by atoms with Gasteiger partial charge in [-0.25, -0.2) is 8.89 Å². The fourth-order valence-corrected chi connectivity index (χ4v) is 5.73. The van der Waals surface area contributed by atoms with Crippen LogP contribution in [0.1, 0.15) is 25.3 Å². The van der Waals surface area contributed by atoms with E-state index >= 15 is 0 Å². The van der Waals surface area contributed by atoms with E-state index in [4.69, 9.17) is 16.7 Å². The highest BCUT2D eigenvalue weighted by Crippen LogP contribution is 2.31. The van der Waals surface area contributed by atoms with Gasteiger partial charge in [-0.05, 0) is 36.8 Å². The lowest BCUT2D eigenvalue weighted by Gasteiger charge is -2.24. The fourth-order valence-electron chi connectivity index (χ4n) is 3.64. The molecule has 3 unspecified atom stereocenters. The number of para-hydroxylation sites is 1. The molecule has 1 aromatic heterocycles. The molecule has 0 saturated carbocycles. The zero-order chi connectivity index (χ0) is 23.5. The SMILES string of the molecule is CCCC(C(=O)O)N1C(S)N/C(=C/c2cn(-c3ccccc3)nc2-c2ccc(Cl)cc2)S1=O. The number of thiol groups is 1. The summed E-state index contributed by atoms with van der Waals surface area (Å²) in [5.74, 6) is -1.02. The second-order valence-corrected chi connectivity index (χ2v) is 9.78. The lowest BCUT2D eigenvalue weighted by molar-refractivity contribution is -0.141. The molecule has 7 nitrogen and oxygen atoms in total. The summed E-state index contributed by atoms with van der Waals surface area (Å²) >= 11 is 10.5. The van der Waals surface area contributed by atoms with E-state index in [1.54, 1.807) is 22.9 Å². The van der Waals surface area contributed by atoms with Gasteiger partial charge in [0.05, 0.1) is 5.69 Å². The fraction of sp³-hybridized carbons (Fsp3) is 0.217. The minimum absolute atomic E-state index is 0.370. The third-order valence-corrected chi connectivity index (χ3v) is 7.46. The number of hydrogen-bond acceptors (Lipinski definition) is 5. The molecule has 172 valence electrons. The van der Waals surface area contributed by atoms with Crippen LogP contribution in [-0.2, 0) is 15.8 Å². The predicted octanol–water partition coefficient (Wildman–Crippen LogP) is 4.53. The minimum atomic E-state index is -1.72. The molecule has 1 aliphatic heterocycles. The highest BCUT2D eigenvalue weighted by molar-refractivity contribution is 7.89. The third kappa shape index (κ3) is 5.01. The van der Waals surface area contributed by atoms with Gasteiger partial charge in [0.25, 0.3) is 0 Å². The van der Waals surface area contributed by atoms with Gasteiger partial charge < -0.3 is 10.4 Å². The Kier molecular flexibility index (Phi) is 7.23. The average Bonchev–Trinajstić information content (AvgIpc) is 3.34. The maximum Gasteiger partial charge on any atom is 0.322 e. The molecule has 0 bridgehead atoms. The Labute approximate surface area is 205 Å². The van der Waals surface area contributed by atoms with Crippen molar-refractivity contribution in [2.75, 3.05) is 0 Å². The van der Waals surface area contributed by atoms with E-state index in [9.17, 15) is 14.1 Å². The molecule has 0 aliphatic carbocycles. The summed E-state index contributed by atoms with van der Waals surface area (Å²) in [6.07, 6.45) is 4.60. The summed E-state index contributed by atoms with van der Waals surface area (Å²) in [7, 11) is -1.72. The normalized spacial score (nSPS) is 20.6. The van der Waals surface area contributed by atoms with Crippen molar-refractivity contribution in [3.63, 3.8) is 0 Å². The van der Waals surface area contributed by atoms with Crippen molar-refractivity contribution in [3.05, 3.63) is 76.4 Å². The lowest BCUT2D eigenvalue weighted by atomic mass is 10.1. The summed E-state index contributed by atoms with van der Waals surface area (Å²) in [5.41, 5.74) is 2.44. The maximum atomic E-state index is 13.3. The largest absolute Gasteiger partial charge is 0.480 e. The van der Waals surface area contributed by atoms with Crippen molar-refractivity contribution < 1.29 is 14.1 Å². The molecule has 33 heavy (non-hydrogen) atoms. The van der Waals surface area contributed by atoms with E-state index in [2.05, 4.69) is 17.9 Å². The predicted molar refractivity (Wildman–Crippen MR) is 134 cm³/mol. The Morgan fingerprint density at radius 3 is 2.61 bits per heavy atom. The van der Waals surface area contributed by atoms with E-state index in [1.807, 2.05) is 55.6 Å². The summed E-state index contributed by atoms with van der Waals surface area (Å²) in [6, 6.07) is 16.1. The maximum absolute atomic E-state index is 13.3. The van der Waals surface area contributed by atoms with Crippen molar-refractivity contribution >= 4 is 47.3 Å². The highest BCUT2D eigenvalue weighted by Gasteiger charge is 2.40. The molecule has 0 spiro atoms. The number of carbonyl (C=O) groups is 1. The Morgan fingerprint density at radius 2 is 1.97 bits per heavy atom. The number of nitrogens with zero attached hydrogens (tertiary/aromatic N) is 3. The monoisotopic (exact) mass is 502 g/mol. The number of aromatic nitrogens is 2. The number of rotatable bonds is 7. The van der Waals surface area contributed by atoms with Gasteiger partial charge in [0.15, 0.2) is 0 Å². The molecule has 0 amide bonds. The van der Waals surface area contributed by atoms with E-state index in [-0.39, 0.29) is 0 Å². The first-order valence-corrected chi connectivity index (χ1v) is 12.4. The Bertz CT molecular complexity index is 1200. The average molecular weight is 503 g/mol. The molecule has 2 N–H and O–H groups in total. The molecule has 3 atom stereocenters. The molecule has 1 aliphatic rings. The van der Waals surface area contributed by atoms with Crippen LogP contribution < -0.4 is 5.32 Å². The molecule has 0 radical (unpaired) electrons. The van der Waals surface area contributed by atoms with E-state index < -0.39 is 28.5 Å². The molecule has 2 aromatic carbocycles. The standard InChI is InChI=1S/C23H23ClN4O3S2/c1-2-6-19(22(29)30)28-23(32)25-20(33(28)31)13-16-14-27(18-7-4-3-5-8-18)26-21(16)15-9-11-17(24)12-10-15/h3-5,7-14,19,23,25,32H,2,6H2,1H3,(H,29,30)/b20-13-. The van der Waals surface area contributed by atoms with Crippen molar-refractivity contribution in [1.82, 2.24) is 19.4 Å². The number of halogens is 1. The summed E-state index contributed by atoms with van der Waals surface area (Å²) in [5, 5.41) is 18.4. The number of carboxylic acids is 1. The van der Waals surface area contributed by atoms with Crippen LogP contribution in [0.2, 0.25) is 5.02 Å². The van der Waals surface area contributed by atoms with Crippen LogP contribution in [0.15, 0.2) is 65.8 Å². The molecule has 1 saturated heterocycles. The van der Waals surface area contributed by atoms with Gasteiger partial charge in [-0.15, -0.1) is 12.6 Å². The molecular formula is C23H23ClN4O3S2.